The van der Waals surface area contributed by atoms with Gasteiger partial charge in [0.15, 0.2) is 42.6 Å². The Morgan fingerprint density at radius 1 is 0.632 bits per heavy atom. The normalized spacial score (nSPS) is 9.25. The summed E-state index contributed by atoms with van der Waals surface area (Å²) < 4.78 is 28.2. The second kappa shape index (κ2) is 26.1. The van der Waals surface area contributed by atoms with Gasteiger partial charge in [-0.25, -0.2) is 26.4 Å². The standard InChI is InChI=1S/C20H19N3O4.C12H10N2O5.C8H11N.AtHO/c1-3-15-5-4-6-16(11-15)22-26-9-10-27-23-17-7-8-18(19(12-17)24-2)20-13-21-14-25-20;1-16-11-6-9(14-18-4-5-19-15)2-3-10(11)12-7-13-8-17-12;1-2-7-4-3-5-8(9)6-7;1-2/h4-8,11-14,22-23H,3H2,1-2H3;2-3,6-8,14-15H,1H3;3-6H,2,9H2,1H3;2H. The zero-order valence-corrected chi connectivity index (χ0v) is 34.3. The predicted octanol–water partition coefficient (Wildman–Crippen LogP) is 7.59. The van der Waals surface area contributed by atoms with Crippen LogP contribution in [0.3, 0.4) is 0 Å². The Labute approximate surface area is 345 Å². The van der Waals surface area contributed by atoms with Gasteiger partial charge in [0.25, 0.3) is 0 Å². The van der Waals surface area contributed by atoms with Gasteiger partial charge < -0.3 is 38.6 Å². The number of nitrogens with zero attached hydrogens (tertiary/aromatic N) is 2. The van der Waals surface area contributed by atoms with Gasteiger partial charge in [0.05, 0.1) is 54.8 Å². The van der Waals surface area contributed by atoms with E-state index >= 15 is 0 Å². The van der Waals surface area contributed by atoms with Crippen molar-refractivity contribution in [1.82, 2.24) is 9.97 Å². The van der Waals surface area contributed by atoms with Crippen molar-refractivity contribution in [2.75, 3.05) is 36.4 Å². The Morgan fingerprint density at radius 2 is 1.09 bits per heavy atom. The topological polar surface area (TPSA) is 210 Å². The molecule has 2 aromatic heterocycles. The Balaban J connectivity index is 0.000000251. The van der Waals surface area contributed by atoms with Crippen LogP contribution in [0.4, 0.5) is 22.7 Å². The predicted molar refractivity (Wildman–Crippen MR) is 209 cm³/mol. The molecule has 0 saturated heterocycles. The third-order valence-electron chi connectivity index (χ3n) is 7.28. The van der Waals surface area contributed by atoms with E-state index in [2.05, 4.69) is 69.5 Å². The summed E-state index contributed by atoms with van der Waals surface area (Å²) in [5.74, 6) is 2.40. The molecule has 16 nitrogen and oxygen atoms in total. The molecule has 57 heavy (non-hydrogen) atoms. The van der Waals surface area contributed by atoms with Crippen molar-refractivity contribution in [3.05, 3.63) is 121 Å². The number of hydrogen-bond acceptors (Lipinski definition) is 16. The first-order chi connectivity index (χ1) is 28.0. The van der Waals surface area contributed by atoms with Crippen LogP contribution in [0.5, 0.6) is 11.5 Å². The van der Waals surface area contributed by atoms with E-state index in [0.717, 1.165) is 60.5 Å². The Bertz CT molecular complexity index is 2170. The Kier molecular flexibility index (Phi) is 20.4. The third-order valence-corrected chi connectivity index (χ3v) is 7.28. The fourth-order valence-electron chi connectivity index (χ4n) is 4.62. The van der Waals surface area contributed by atoms with E-state index in [1.54, 1.807) is 56.9 Å². The fourth-order valence-corrected chi connectivity index (χ4v) is 4.62. The average Bonchev–Trinajstić information content (AvgIpc) is 4.01. The zero-order valence-electron chi connectivity index (χ0n) is 31.3. The molecule has 0 atom stereocenters. The molecule has 0 spiro atoms. The quantitative estimate of drug-likeness (QED) is 0.0302. The number of oxazole rings is 2. The van der Waals surface area contributed by atoms with E-state index in [1.165, 1.54) is 23.9 Å². The number of anilines is 4. The third kappa shape index (κ3) is 15.5. The van der Waals surface area contributed by atoms with Crippen molar-refractivity contribution in [3.8, 4) is 58.6 Å². The molecule has 7 N–H and O–H groups in total. The number of aromatic nitrogens is 2. The van der Waals surface area contributed by atoms with Gasteiger partial charge >= 0.3 is 28.3 Å². The summed E-state index contributed by atoms with van der Waals surface area (Å²) in [6, 6.07) is 26.4. The molecule has 0 saturated carbocycles. The monoisotopic (exact) mass is 975 g/mol. The molecule has 0 bridgehead atoms. The second-order valence-electron chi connectivity index (χ2n) is 10.8. The number of nitrogens with two attached hydrogens (primary N) is 1. The number of methoxy groups -OCH3 is 2. The molecule has 6 aromatic rings. The molecule has 17 heteroatoms. The summed E-state index contributed by atoms with van der Waals surface area (Å²) in [6.45, 7) is 4.21. The molecule has 0 fully saturated rings. The number of nitrogen functional groups attached to an aromatic ring is 1. The minimum atomic E-state index is 0.580. The van der Waals surface area contributed by atoms with Crippen molar-refractivity contribution >= 4 is 22.7 Å². The van der Waals surface area contributed by atoms with Crippen LogP contribution in [0, 0.1) is 49.6 Å². The van der Waals surface area contributed by atoms with Crippen molar-refractivity contribution in [2.45, 2.75) is 26.7 Å². The van der Waals surface area contributed by atoms with Crippen LogP contribution in [-0.4, -0.2) is 32.6 Å². The summed E-state index contributed by atoms with van der Waals surface area (Å²) in [5.41, 5.74) is 20.5. The number of rotatable bonds is 12. The van der Waals surface area contributed by atoms with Gasteiger partial charge in [-0.2, -0.15) is 5.26 Å². The first kappa shape index (κ1) is 44.6. The second-order valence-corrected chi connectivity index (χ2v) is 10.8. The molecule has 298 valence electrons. The summed E-state index contributed by atoms with van der Waals surface area (Å²) in [6.07, 6.45) is 16.6. The SMILES string of the molecule is CCc1cccc(N)c1.CCc1cccc(NOC#CONc2ccc(-c3cnco3)c(OC)c2)c1.COc1cc(NOC#COO)ccc1-c1cnco1.O[At]. The molecule has 0 aliphatic carbocycles. The first-order valence-electron chi connectivity index (χ1n) is 16.8. The Morgan fingerprint density at radius 3 is 1.49 bits per heavy atom. The Hall–Kier alpha value is -6.78. The molecule has 0 unspecified atom stereocenters. The van der Waals surface area contributed by atoms with Crippen LogP contribution in [0.15, 0.2) is 119 Å². The van der Waals surface area contributed by atoms with E-state index in [0.29, 0.717) is 34.4 Å². The van der Waals surface area contributed by atoms with Crippen molar-refractivity contribution in [3.63, 3.8) is 0 Å². The number of benzene rings is 4. The van der Waals surface area contributed by atoms with Crippen LogP contribution in [0.25, 0.3) is 22.6 Å². The van der Waals surface area contributed by atoms with E-state index < -0.39 is 0 Å². The summed E-state index contributed by atoms with van der Waals surface area (Å²) >= 11 is 0.722. The molecule has 0 aliphatic rings. The summed E-state index contributed by atoms with van der Waals surface area (Å²) in [7, 11) is 3.12. The van der Waals surface area contributed by atoms with E-state index in [1.807, 2.05) is 54.6 Å². The van der Waals surface area contributed by atoms with Crippen LogP contribution >= 0.6 is 0 Å². The molecule has 0 radical (unpaired) electrons. The average molecular weight is 976 g/mol. The molecular formula is C40H41AtN6O10. The molecule has 4 aromatic carbocycles. The minimum absolute atomic E-state index is 0.580. The first-order valence-corrected chi connectivity index (χ1v) is 18.1. The number of nitrogens with one attached hydrogen (secondary N) is 3. The van der Waals surface area contributed by atoms with Crippen molar-refractivity contribution in [1.29, 1.82) is 0 Å². The van der Waals surface area contributed by atoms with E-state index in [-0.39, 0.29) is 0 Å². The molecule has 2 heterocycles. The zero-order chi connectivity index (χ0) is 41.1. The molecule has 6 rings (SSSR count). The van der Waals surface area contributed by atoms with E-state index in [9.17, 15) is 0 Å². The summed E-state index contributed by atoms with van der Waals surface area (Å²) in [4.78, 5) is 26.1. The summed E-state index contributed by atoms with van der Waals surface area (Å²) in [5, 5.41) is 7.97. The van der Waals surface area contributed by atoms with Crippen molar-refractivity contribution in [2.24, 2.45) is 0 Å². The van der Waals surface area contributed by atoms with Crippen LogP contribution < -0.4 is 31.6 Å². The van der Waals surface area contributed by atoms with Gasteiger partial charge in [0.1, 0.15) is 11.5 Å². The fraction of sp³-hybridized carbons (Fsp3) is 0.150. The molecular weight excluding hydrogens is 934 g/mol. The van der Waals surface area contributed by atoms with Gasteiger partial charge in [0, 0.05) is 17.8 Å². The van der Waals surface area contributed by atoms with Gasteiger partial charge in [-0.1, -0.05) is 38.1 Å². The van der Waals surface area contributed by atoms with E-state index in [4.69, 9.17) is 47.0 Å². The van der Waals surface area contributed by atoms with Crippen LogP contribution in [0.2, 0.25) is 0 Å². The van der Waals surface area contributed by atoms with Gasteiger partial charge in [-0.3, -0.25) is 4.89 Å². The van der Waals surface area contributed by atoms with Gasteiger partial charge in [-0.15, -0.1) is 0 Å². The van der Waals surface area contributed by atoms with Crippen LogP contribution in [0.1, 0.15) is 25.0 Å². The number of ether oxygens (including phenoxy) is 2. The van der Waals surface area contributed by atoms with Gasteiger partial charge in [0.2, 0.25) is 6.11 Å². The number of hydrogen-bond donors (Lipinski definition) is 6. The maximum absolute atomic E-state index is 7.97. The van der Waals surface area contributed by atoms with Crippen molar-refractivity contribution < 1.29 is 71.3 Å². The maximum atomic E-state index is 7.97. The molecule has 0 amide bonds. The van der Waals surface area contributed by atoms with Crippen LogP contribution in [-0.2, 0) is 32.2 Å². The van der Waals surface area contributed by atoms with Gasteiger partial charge in [-0.05, 0) is 72.5 Å². The number of aryl methyl sites for hydroxylation is 2. The molecule has 0 aliphatic heterocycles.